The highest BCUT2D eigenvalue weighted by molar-refractivity contribution is 5.36. The van der Waals surface area contributed by atoms with Gasteiger partial charge in [-0.15, -0.1) is 0 Å². The minimum absolute atomic E-state index is 0.679. The first kappa shape index (κ1) is 10.5. The van der Waals surface area contributed by atoms with Gasteiger partial charge in [0.15, 0.2) is 0 Å². The van der Waals surface area contributed by atoms with E-state index in [1.165, 1.54) is 25.0 Å². The molecule has 3 aliphatic rings. The average Bonchev–Trinajstić information content (AvgIpc) is 2.44. The molecular formula is C14H21NO. The summed E-state index contributed by atoms with van der Waals surface area (Å²) in [5.41, 5.74) is 3.21. The fourth-order valence-electron chi connectivity index (χ4n) is 3.48. The van der Waals surface area contributed by atoms with Crippen molar-refractivity contribution in [2.75, 3.05) is 26.8 Å². The zero-order chi connectivity index (χ0) is 11.1. The van der Waals surface area contributed by atoms with Crippen LogP contribution in [0.5, 0.6) is 0 Å². The highest BCUT2D eigenvalue weighted by Gasteiger charge is 2.36. The molecule has 3 rings (SSSR count). The summed E-state index contributed by atoms with van der Waals surface area (Å²) >= 11 is 0. The molecule has 2 heterocycles. The molecule has 0 aromatic carbocycles. The van der Waals surface area contributed by atoms with Crippen molar-refractivity contribution < 1.29 is 4.74 Å². The predicted octanol–water partition coefficient (Wildman–Crippen LogP) is 2.23. The van der Waals surface area contributed by atoms with Gasteiger partial charge in [-0.1, -0.05) is 17.7 Å². The van der Waals surface area contributed by atoms with E-state index >= 15 is 0 Å². The second-order valence-corrected chi connectivity index (χ2v) is 5.45. The van der Waals surface area contributed by atoms with Crippen molar-refractivity contribution in [1.29, 1.82) is 0 Å². The van der Waals surface area contributed by atoms with E-state index in [1.54, 1.807) is 5.57 Å². The van der Waals surface area contributed by atoms with Gasteiger partial charge < -0.3 is 9.64 Å². The van der Waals surface area contributed by atoms with Gasteiger partial charge in [-0.2, -0.15) is 0 Å². The van der Waals surface area contributed by atoms with Gasteiger partial charge in [-0.25, -0.2) is 0 Å². The molecule has 0 aromatic rings. The Morgan fingerprint density at radius 2 is 2.31 bits per heavy atom. The van der Waals surface area contributed by atoms with E-state index < -0.39 is 0 Å². The van der Waals surface area contributed by atoms with Crippen molar-refractivity contribution in [2.45, 2.75) is 25.8 Å². The summed E-state index contributed by atoms with van der Waals surface area (Å²) in [5, 5.41) is 0. The van der Waals surface area contributed by atoms with Crippen LogP contribution in [-0.2, 0) is 4.74 Å². The first-order valence-corrected chi connectivity index (χ1v) is 6.45. The molecule has 0 bridgehead atoms. The molecule has 0 aromatic heterocycles. The number of ether oxygens (including phenoxy) is 1. The summed E-state index contributed by atoms with van der Waals surface area (Å²) in [6, 6.07) is 0.679. The Kier molecular flexibility index (Phi) is 2.64. The van der Waals surface area contributed by atoms with E-state index in [1.807, 2.05) is 0 Å². The lowest BCUT2D eigenvalue weighted by atomic mass is 9.76. The second kappa shape index (κ2) is 4.01. The molecular weight excluding hydrogens is 198 g/mol. The van der Waals surface area contributed by atoms with Crippen LogP contribution in [-0.4, -0.2) is 37.7 Å². The third-order valence-corrected chi connectivity index (χ3v) is 4.60. The molecule has 1 saturated heterocycles. The predicted molar refractivity (Wildman–Crippen MR) is 65.3 cm³/mol. The van der Waals surface area contributed by atoms with Crippen molar-refractivity contribution in [2.24, 2.45) is 11.8 Å². The monoisotopic (exact) mass is 219 g/mol. The maximum absolute atomic E-state index is 5.72. The fraction of sp³-hybridized carbons (Fsp3) is 0.714. The molecule has 2 aliphatic heterocycles. The van der Waals surface area contributed by atoms with Crippen LogP contribution < -0.4 is 0 Å². The van der Waals surface area contributed by atoms with Crippen LogP contribution in [0.4, 0.5) is 0 Å². The smallest absolute Gasteiger partial charge is 0.0716 e. The summed E-state index contributed by atoms with van der Waals surface area (Å²) < 4.78 is 5.72. The Morgan fingerprint density at radius 3 is 3.19 bits per heavy atom. The number of likely N-dealkylation sites (tertiary alicyclic amines) is 1. The second-order valence-electron chi connectivity index (χ2n) is 5.45. The molecule has 2 nitrogen and oxygen atoms in total. The van der Waals surface area contributed by atoms with E-state index in [9.17, 15) is 0 Å². The quantitative estimate of drug-likeness (QED) is 0.619. The lowest BCUT2D eigenvalue weighted by Crippen LogP contribution is -2.36. The molecule has 88 valence electrons. The lowest BCUT2D eigenvalue weighted by molar-refractivity contribution is 0.107. The summed E-state index contributed by atoms with van der Waals surface area (Å²) in [6.45, 7) is 5.38. The van der Waals surface area contributed by atoms with E-state index in [2.05, 4.69) is 31.0 Å². The van der Waals surface area contributed by atoms with Crippen molar-refractivity contribution >= 4 is 0 Å². The maximum atomic E-state index is 5.72. The number of rotatable bonds is 0. The Labute approximate surface area is 98.0 Å². The van der Waals surface area contributed by atoms with Gasteiger partial charge in [0.1, 0.15) is 0 Å². The van der Waals surface area contributed by atoms with Gasteiger partial charge in [0.05, 0.1) is 13.2 Å². The fourth-order valence-corrected chi connectivity index (χ4v) is 3.48. The Bertz CT molecular complexity index is 345. The van der Waals surface area contributed by atoms with Crippen molar-refractivity contribution in [1.82, 2.24) is 4.90 Å². The molecule has 0 N–H and O–H groups in total. The third kappa shape index (κ3) is 1.56. The van der Waals surface area contributed by atoms with E-state index in [4.69, 9.17) is 4.74 Å². The Morgan fingerprint density at radius 1 is 1.44 bits per heavy atom. The zero-order valence-corrected chi connectivity index (χ0v) is 10.3. The molecule has 0 saturated carbocycles. The van der Waals surface area contributed by atoms with Crippen LogP contribution in [0, 0.1) is 11.8 Å². The van der Waals surface area contributed by atoms with Crippen molar-refractivity contribution in [3.05, 3.63) is 23.3 Å². The highest BCUT2D eigenvalue weighted by atomic mass is 16.5. The van der Waals surface area contributed by atoms with Gasteiger partial charge in [-0.05, 0) is 44.8 Å². The van der Waals surface area contributed by atoms with Gasteiger partial charge >= 0.3 is 0 Å². The molecule has 0 spiro atoms. The summed E-state index contributed by atoms with van der Waals surface area (Å²) in [5.74, 6) is 1.42. The van der Waals surface area contributed by atoms with Crippen molar-refractivity contribution in [3.8, 4) is 0 Å². The molecule has 0 amide bonds. The first-order chi connectivity index (χ1) is 7.77. The minimum Gasteiger partial charge on any atom is -0.376 e. The van der Waals surface area contributed by atoms with E-state index in [0.717, 1.165) is 19.1 Å². The SMILES string of the molecule is CC1C2CC=CC3=C2C(CCN1C)COC3. The molecule has 1 aliphatic carbocycles. The molecule has 2 heteroatoms. The van der Waals surface area contributed by atoms with Crippen LogP contribution in [0.3, 0.4) is 0 Å². The first-order valence-electron chi connectivity index (χ1n) is 6.45. The molecule has 16 heavy (non-hydrogen) atoms. The molecule has 3 atom stereocenters. The lowest BCUT2D eigenvalue weighted by Gasteiger charge is -2.36. The number of allylic oxidation sites excluding steroid dienone is 1. The van der Waals surface area contributed by atoms with Crippen LogP contribution >= 0.6 is 0 Å². The minimum atomic E-state index is 0.679. The zero-order valence-electron chi connectivity index (χ0n) is 10.3. The summed E-state index contributed by atoms with van der Waals surface area (Å²) in [6.07, 6.45) is 7.13. The standard InChI is InChI=1S/C14H21NO/c1-10-13-5-3-4-11-8-16-9-12(14(11)13)6-7-15(10)2/h3-4,10,12-13H,5-9H2,1-2H3. The topological polar surface area (TPSA) is 12.5 Å². The average molecular weight is 219 g/mol. The van der Waals surface area contributed by atoms with Crippen LogP contribution in [0.2, 0.25) is 0 Å². The van der Waals surface area contributed by atoms with Gasteiger partial charge in [0, 0.05) is 12.0 Å². The van der Waals surface area contributed by atoms with Gasteiger partial charge in [0.2, 0.25) is 0 Å². The van der Waals surface area contributed by atoms with Crippen molar-refractivity contribution in [3.63, 3.8) is 0 Å². The third-order valence-electron chi connectivity index (χ3n) is 4.60. The Hall–Kier alpha value is -0.600. The van der Waals surface area contributed by atoms with Crippen LogP contribution in [0.1, 0.15) is 19.8 Å². The molecule has 3 unspecified atom stereocenters. The Balaban J connectivity index is 2.02. The van der Waals surface area contributed by atoms with E-state index in [0.29, 0.717) is 12.0 Å². The van der Waals surface area contributed by atoms with Crippen LogP contribution in [0.15, 0.2) is 23.3 Å². The number of hydrogen-bond acceptors (Lipinski definition) is 2. The van der Waals surface area contributed by atoms with Crippen LogP contribution in [0.25, 0.3) is 0 Å². The summed E-state index contributed by atoms with van der Waals surface area (Å²) in [7, 11) is 2.27. The summed E-state index contributed by atoms with van der Waals surface area (Å²) in [4.78, 5) is 2.52. The van der Waals surface area contributed by atoms with E-state index in [-0.39, 0.29) is 0 Å². The highest BCUT2D eigenvalue weighted by Crippen LogP contribution is 2.40. The van der Waals surface area contributed by atoms with Gasteiger partial charge in [0.25, 0.3) is 0 Å². The number of nitrogens with zero attached hydrogens (tertiary/aromatic N) is 1. The van der Waals surface area contributed by atoms with Gasteiger partial charge in [-0.3, -0.25) is 0 Å². The largest absolute Gasteiger partial charge is 0.376 e. The normalized spacial score (nSPS) is 39.5. The number of hydrogen-bond donors (Lipinski definition) is 0. The molecule has 0 radical (unpaired) electrons. The maximum Gasteiger partial charge on any atom is 0.0716 e. The molecule has 1 fully saturated rings.